The van der Waals surface area contributed by atoms with Gasteiger partial charge in [0.25, 0.3) is 11.8 Å². The molecule has 2 aromatic rings. The molecule has 2 amide bonds. The summed E-state index contributed by atoms with van der Waals surface area (Å²) in [5.41, 5.74) is 6.98. The van der Waals surface area contributed by atoms with Crippen LogP contribution in [0.5, 0.6) is 0 Å². The first-order valence-electron chi connectivity index (χ1n) is 7.60. The molecule has 0 radical (unpaired) electrons. The summed E-state index contributed by atoms with van der Waals surface area (Å²) in [6.07, 6.45) is 1.57. The average Bonchev–Trinajstić information content (AvgIpc) is 2.61. The van der Waals surface area contributed by atoms with E-state index >= 15 is 0 Å². The van der Waals surface area contributed by atoms with Gasteiger partial charge in [-0.15, -0.1) is 0 Å². The van der Waals surface area contributed by atoms with Crippen LogP contribution in [0.25, 0.3) is 0 Å². The van der Waals surface area contributed by atoms with Crippen LogP contribution in [0.1, 0.15) is 20.8 Å². The Kier molecular flexibility index (Phi) is 4.66. The van der Waals surface area contributed by atoms with Gasteiger partial charge in [-0.2, -0.15) is 0 Å². The number of carbonyl (C=O) groups excluding carboxylic acids is 2. The molecule has 1 saturated heterocycles. The van der Waals surface area contributed by atoms with E-state index in [0.717, 1.165) is 5.69 Å². The maximum absolute atomic E-state index is 12.5. The molecule has 0 unspecified atom stereocenters. The second-order valence-electron chi connectivity index (χ2n) is 5.55. The van der Waals surface area contributed by atoms with E-state index in [-0.39, 0.29) is 11.6 Å². The van der Waals surface area contributed by atoms with Gasteiger partial charge >= 0.3 is 0 Å². The number of pyridine rings is 1. The van der Waals surface area contributed by atoms with Gasteiger partial charge < -0.3 is 15.5 Å². The predicted octanol–water partition coefficient (Wildman–Crippen LogP) is 1.80. The lowest BCUT2D eigenvalue weighted by Gasteiger charge is -2.36. The third-order valence-corrected chi connectivity index (χ3v) is 4.23. The van der Waals surface area contributed by atoms with Crippen molar-refractivity contribution in [3.05, 3.63) is 58.9 Å². The Morgan fingerprint density at radius 2 is 1.83 bits per heavy atom. The van der Waals surface area contributed by atoms with E-state index in [2.05, 4.69) is 9.88 Å². The molecular weight excluding hydrogens is 328 g/mol. The molecule has 0 bridgehead atoms. The largest absolute Gasteiger partial charge is 0.368 e. The predicted molar refractivity (Wildman–Crippen MR) is 92.3 cm³/mol. The summed E-state index contributed by atoms with van der Waals surface area (Å²) in [6, 6.07) is 10.5. The highest BCUT2D eigenvalue weighted by molar-refractivity contribution is 6.30. The normalized spacial score (nSPS) is 14.5. The van der Waals surface area contributed by atoms with Crippen LogP contribution in [0.15, 0.2) is 42.6 Å². The van der Waals surface area contributed by atoms with Gasteiger partial charge in [0, 0.05) is 48.6 Å². The highest BCUT2D eigenvalue weighted by atomic mass is 35.5. The average molecular weight is 345 g/mol. The van der Waals surface area contributed by atoms with E-state index < -0.39 is 5.91 Å². The Morgan fingerprint density at radius 1 is 1.08 bits per heavy atom. The Balaban J connectivity index is 1.66. The summed E-state index contributed by atoms with van der Waals surface area (Å²) in [5, 5.41) is 0.551. The SMILES string of the molecule is NC(=O)c1cc(N2CCN(C(=O)c3cccc(Cl)c3)CC2)ccn1. The summed E-state index contributed by atoms with van der Waals surface area (Å²) in [6.45, 7) is 2.54. The molecule has 0 saturated carbocycles. The fraction of sp³-hybridized carbons (Fsp3) is 0.235. The number of benzene rings is 1. The van der Waals surface area contributed by atoms with Crippen molar-refractivity contribution in [1.29, 1.82) is 0 Å². The molecular formula is C17H17ClN4O2. The number of rotatable bonds is 3. The van der Waals surface area contributed by atoms with Crippen LogP contribution < -0.4 is 10.6 Å². The van der Waals surface area contributed by atoms with Gasteiger partial charge in [0.15, 0.2) is 0 Å². The minimum atomic E-state index is -0.549. The third-order valence-electron chi connectivity index (χ3n) is 4.00. The van der Waals surface area contributed by atoms with E-state index in [1.807, 2.05) is 6.07 Å². The number of halogens is 1. The van der Waals surface area contributed by atoms with Crippen molar-refractivity contribution >= 4 is 29.1 Å². The van der Waals surface area contributed by atoms with E-state index in [9.17, 15) is 9.59 Å². The molecule has 1 aromatic carbocycles. The summed E-state index contributed by atoms with van der Waals surface area (Å²) < 4.78 is 0. The lowest BCUT2D eigenvalue weighted by Crippen LogP contribution is -2.48. The van der Waals surface area contributed by atoms with Gasteiger partial charge in [-0.25, -0.2) is 0 Å². The van der Waals surface area contributed by atoms with Crippen LogP contribution in [0.2, 0.25) is 5.02 Å². The van der Waals surface area contributed by atoms with Crippen molar-refractivity contribution in [3.8, 4) is 0 Å². The number of anilines is 1. The van der Waals surface area contributed by atoms with Crippen LogP contribution in [-0.2, 0) is 0 Å². The van der Waals surface area contributed by atoms with Gasteiger partial charge in [-0.1, -0.05) is 17.7 Å². The number of primary amides is 1. The highest BCUT2D eigenvalue weighted by Crippen LogP contribution is 2.19. The van der Waals surface area contributed by atoms with Crippen LogP contribution >= 0.6 is 11.6 Å². The fourth-order valence-corrected chi connectivity index (χ4v) is 2.91. The van der Waals surface area contributed by atoms with E-state index in [0.29, 0.717) is 36.8 Å². The molecule has 24 heavy (non-hydrogen) atoms. The summed E-state index contributed by atoms with van der Waals surface area (Å²) in [5.74, 6) is -0.573. The van der Waals surface area contributed by atoms with Gasteiger partial charge in [0.2, 0.25) is 0 Å². The zero-order valence-electron chi connectivity index (χ0n) is 13.0. The topological polar surface area (TPSA) is 79.5 Å². The minimum Gasteiger partial charge on any atom is -0.368 e. The maximum Gasteiger partial charge on any atom is 0.267 e. The highest BCUT2D eigenvalue weighted by Gasteiger charge is 2.22. The maximum atomic E-state index is 12.5. The quantitative estimate of drug-likeness (QED) is 0.920. The summed E-state index contributed by atoms with van der Waals surface area (Å²) in [4.78, 5) is 31.6. The first-order chi connectivity index (χ1) is 11.5. The first kappa shape index (κ1) is 16.3. The Labute approximate surface area is 144 Å². The molecule has 6 nitrogen and oxygen atoms in total. The molecule has 124 valence electrons. The molecule has 2 N–H and O–H groups in total. The molecule has 1 aromatic heterocycles. The summed E-state index contributed by atoms with van der Waals surface area (Å²) >= 11 is 5.95. The standard InChI is InChI=1S/C17H17ClN4O2/c18-13-3-1-2-12(10-13)17(24)22-8-6-21(7-9-22)14-4-5-20-15(11-14)16(19)23/h1-5,10-11H,6-9H2,(H2,19,23). The van der Waals surface area contributed by atoms with E-state index in [1.54, 1.807) is 41.4 Å². The fourth-order valence-electron chi connectivity index (χ4n) is 2.72. The zero-order chi connectivity index (χ0) is 17.1. The number of hydrogen-bond donors (Lipinski definition) is 1. The number of nitrogens with two attached hydrogens (primary N) is 1. The molecule has 0 spiro atoms. The summed E-state index contributed by atoms with van der Waals surface area (Å²) in [7, 11) is 0. The van der Waals surface area contributed by atoms with Crippen LogP contribution in [-0.4, -0.2) is 47.9 Å². The number of nitrogens with zero attached hydrogens (tertiary/aromatic N) is 3. The van der Waals surface area contributed by atoms with Gasteiger partial charge in [0.05, 0.1) is 0 Å². The van der Waals surface area contributed by atoms with Crippen LogP contribution in [0.4, 0.5) is 5.69 Å². The molecule has 0 aliphatic carbocycles. The molecule has 1 fully saturated rings. The monoisotopic (exact) mass is 344 g/mol. The van der Waals surface area contributed by atoms with Crippen molar-refractivity contribution in [2.75, 3.05) is 31.1 Å². The molecule has 1 aliphatic heterocycles. The van der Waals surface area contributed by atoms with Crippen molar-refractivity contribution in [3.63, 3.8) is 0 Å². The van der Waals surface area contributed by atoms with Crippen molar-refractivity contribution < 1.29 is 9.59 Å². The third kappa shape index (κ3) is 3.49. The van der Waals surface area contributed by atoms with Gasteiger partial charge in [-0.3, -0.25) is 14.6 Å². The number of aromatic nitrogens is 1. The second-order valence-corrected chi connectivity index (χ2v) is 5.99. The molecule has 0 atom stereocenters. The van der Waals surface area contributed by atoms with Crippen LogP contribution in [0.3, 0.4) is 0 Å². The number of piperazine rings is 1. The first-order valence-corrected chi connectivity index (χ1v) is 7.98. The van der Waals surface area contributed by atoms with Gasteiger partial charge in [-0.05, 0) is 30.3 Å². The molecule has 7 heteroatoms. The second kappa shape index (κ2) is 6.88. The molecule has 3 rings (SSSR count). The lowest BCUT2D eigenvalue weighted by atomic mass is 10.1. The van der Waals surface area contributed by atoms with Crippen molar-refractivity contribution in [2.45, 2.75) is 0 Å². The number of amides is 2. The minimum absolute atomic E-state index is 0.0234. The molecule has 1 aliphatic rings. The Bertz CT molecular complexity index is 773. The van der Waals surface area contributed by atoms with Crippen LogP contribution in [0, 0.1) is 0 Å². The smallest absolute Gasteiger partial charge is 0.267 e. The Morgan fingerprint density at radius 3 is 2.50 bits per heavy atom. The lowest BCUT2D eigenvalue weighted by molar-refractivity contribution is 0.0746. The molecule has 2 heterocycles. The Hall–Kier alpha value is -2.60. The number of hydrogen-bond acceptors (Lipinski definition) is 4. The number of carbonyl (C=O) groups is 2. The van der Waals surface area contributed by atoms with E-state index in [1.165, 1.54) is 0 Å². The van der Waals surface area contributed by atoms with Crippen molar-refractivity contribution in [2.24, 2.45) is 5.73 Å². The zero-order valence-corrected chi connectivity index (χ0v) is 13.7. The van der Waals surface area contributed by atoms with E-state index in [4.69, 9.17) is 17.3 Å². The van der Waals surface area contributed by atoms with Gasteiger partial charge in [0.1, 0.15) is 5.69 Å². The van der Waals surface area contributed by atoms with Crippen molar-refractivity contribution in [1.82, 2.24) is 9.88 Å².